The van der Waals surface area contributed by atoms with Gasteiger partial charge in [0.1, 0.15) is 18.8 Å². The number of nitrogens with one attached hydrogen (secondary N) is 1. The summed E-state index contributed by atoms with van der Waals surface area (Å²) in [5, 5.41) is 2.91. The fourth-order valence-electron chi connectivity index (χ4n) is 3.55. The Hall–Kier alpha value is -3.28. The predicted octanol–water partition coefficient (Wildman–Crippen LogP) is 3.49. The van der Waals surface area contributed by atoms with Gasteiger partial charge < -0.3 is 19.7 Å². The molecule has 29 heavy (non-hydrogen) atoms. The molecule has 0 saturated carbocycles. The van der Waals surface area contributed by atoms with Gasteiger partial charge in [-0.1, -0.05) is 42.5 Å². The van der Waals surface area contributed by atoms with Crippen molar-refractivity contribution < 1.29 is 19.1 Å². The SMILES string of the molecule is CC1(C(=O)Nc2ccc3c(c2)OCCO3)CCN1C(=O)C/C=C/c1ccccc1. The number of nitrogens with zero attached hydrogens (tertiary/aromatic N) is 1. The molecule has 1 atom stereocenters. The van der Waals surface area contributed by atoms with Crippen molar-refractivity contribution in [2.24, 2.45) is 0 Å². The zero-order chi connectivity index (χ0) is 20.3. The molecule has 0 bridgehead atoms. The Morgan fingerprint density at radius 1 is 1.10 bits per heavy atom. The van der Waals surface area contributed by atoms with Crippen LogP contribution in [0.25, 0.3) is 6.08 Å². The topological polar surface area (TPSA) is 67.9 Å². The van der Waals surface area contributed by atoms with Gasteiger partial charge in [0.05, 0.1) is 0 Å². The van der Waals surface area contributed by atoms with Crippen LogP contribution in [-0.4, -0.2) is 42.0 Å². The lowest BCUT2D eigenvalue weighted by Crippen LogP contribution is -2.66. The lowest BCUT2D eigenvalue weighted by molar-refractivity contribution is -0.154. The molecule has 150 valence electrons. The van der Waals surface area contributed by atoms with Crippen molar-refractivity contribution in [1.29, 1.82) is 0 Å². The summed E-state index contributed by atoms with van der Waals surface area (Å²) in [6, 6.07) is 15.1. The molecule has 1 N–H and O–H groups in total. The van der Waals surface area contributed by atoms with Crippen molar-refractivity contribution >= 4 is 23.6 Å². The van der Waals surface area contributed by atoms with E-state index in [2.05, 4.69) is 5.32 Å². The summed E-state index contributed by atoms with van der Waals surface area (Å²) in [7, 11) is 0. The standard InChI is InChI=1S/C23H24N2O4/c1-23(22(27)24-18-10-11-19-20(16-18)29-15-14-28-19)12-13-25(23)21(26)9-5-8-17-6-3-2-4-7-17/h2-8,10-11,16H,9,12-15H2,1H3,(H,24,27)/b8-5+. The second-order valence-electron chi connectivity index (χ2n) is 7.40. The van der Waals surface area contributed by atoms with Crippen molar-refractivity contribution in [1.82, 2.24) is 4.90 Å². The highest BCUT2D eigenvalue weighted by atomic mass is 16.6. The van der Waals surface area contributed by atoms with Crippen molar-refractivity contribution in [2.75, 3.05) is 25.1 Å². The highest BCUT2D eigenvalue weighted by molar-refractivity contribution is 6.01. The molecule has 2 aliphatic rings. The molecule has 2 aromatic carbocycles. The van der Waals surface area contributed by atoms with Gasteiger partial charge in [0.25, 0.3) is 0 Å². The van der Waals surface area contributed by atoms with E-state index in [4.69, 9.17) is 9.47 Å². The number of amides is 2. The Balaban J connectivity index is 1.38. The lowest BCUT2D eigenvalue weighted by Gasteiger charge is -2.49. The van der Waals surface area contributed by atoms with Crippen LogP contribution < -0.4 is 14.8 Å². The number of fused-ring (bicyclic) bond motifs is 1. The van der Waals surface area contributed by atoms with Crippen LogP contribution in [0.4, 0.5) is 5.69 Å². The third-order valence-electron chi connectivity index (χ3n) is 5.41. The third kappa shape index (κ3) is 3.97. The quantitative estimate of drug-likeness (QED) is 0.846. The Bertz CT molecular complexity index is 941. The molecular formula is C23H24N2O4. The van der Waals surface area contributed by atoms with Crippen molar-refractivity contribution in [3.63, 3.8) is 0 Å². The van der Waals surface area contributed by atoms with E-state index in [0.29, 0.717) is 43.4 Å². The normalized spacial score (nSPS) is 20.2. The van der Waals surface area contributed by atoms with Crippen LogP contribution in [0.3, 0.4) is 0 Å². The number of ether oxygens (including phenoxy) is 2. The average Bonchev–Trinajstić information content (AvgIpc) is 2.73. The second-order valence-corrected chi connectivity index (χ2v) is 7.40. The summed E-state index contributed by atoms with van der Waals surface area (Å²) in [6.45, 7) is 3.40. The van der Waals surface area contributed by atoms with Gasteiger partial charge in [-0.25, -0.2) is 0 Å². The van der Waals surface area contributed by atoms with Crippen LogP contribution in [0.5, 0.6) is 11.5 Å². The maximum atomic E-state index is 12.9. The van der Waals surface area contributed by atoms with Gasteiger partial charge in [0, 0.05) is 24.7 Å². The van der Waals surface area contributed by atoms with Crippen LogP contribution >= 0.6 is 0 Å². The molecule has 2 aromatic rings. The molecule has 1 unspecified atom stereocenters. The molecule has 6 nitrogen and oxygen atoms in total. The summed E-state index contributed by atoms with van der Waals surface area (Å²) in [5.74, 6) is 1.04. The van der Waals surface area contributed by atoms with Crippen LogP contribution in [0.15, 0.2) is 54.6 Å². The fraction of sp³-hybridized carbons (Fsp3) is 0.304. The summed E-state index contributed by atoms with van der Waals surface area (Å²) < 4.78 is 11.1. The smallest absolute Gasteiger partial charge is 0.250 e. The number of carbonyl (C=O) groups excluding carboxylic acids is 2. The highest BCUT2D eigenvalue weighted by Crippen LogP contribution is 2.35. The largest absolute Gasteiger partial charge is 0.486 e. The molecule has 1 saturated heterocycles. The third-order valence-corrected chi connectivity index (χ3v) is 5.41. The van der Waals surface area contributed by atoms with Crippen LogP contribution in [0.1, 0.15) is 25.3 Å². The monoisotopic (exact) mass is 392 g/mol. The van der Waals surface area contributed by atoms with E-state index in [9.17, 15) is 9.59 Å². The van der Waals surface area contributed by atoms with E-state index in [0.717, 1.165) is 5.56 Å². The average molecular weight is 392 g/mol. The molecule has 6 heteroatoms. The van der Waals surface area contributed by atoms with Gasteiger partial charge in [-0.3, -0.25) is 9.59 Å². The zero-order valence-electron chi connectivity index (χ0n) is 16.4. The molecular weight excluding hydrogens is 368 g/mol. The van der Waals surface area contributed by atoms with Crippen LogP contribution in [0.2, 0.25) is 0 Å². The predicted molar refractivity (Wildman–Crippen MR) is 111 cm³/mol. The molecule has 0 radical (unpaired) electrons. The fourth-order valence-corrected chi connectivity index (χ4v) is 3.55. The number of carbonyl (C=O) groups is 2. The first-order valence-corrected chi connectivity index (χ1v) is 9.79. The Kier molecular flexibility index (Phi) is 5.25. The molecule has 2 aliphatic heterocycles. The Morgan fingerprint density at radius 2 is 1.86 bits per heavy atom. The molecule has 2 heterocycles. The summed E-state index contributed by atoms with van der Waals surface area (Å²) in [4.78, 5) is 27.2. The second kappa shape index (κ2) is 7.99. The number of rotatable bonds is 5. The lowest BCUT2D eigenvalue weighted by atomic mass is 9.85. The van der Waals surface area contributed by atoms with Crippen molar-refractivity contribution in [2.45, 2.75) is 25.3 Å². The minimum absolute atomic E-state index is 0.0525. The minimum Gasteiger partial charge on any atom is -0.486 e. The van der Waals surface area contributed by atoms with Gasteiger partial charge in [-0.05, 0) is 31.0 Å². The minimum atomic E-state index is -0.842. The molecule has 4 rings (SSSR count). The van der Waals surface area contributed by atoms with Crippen molar-refractivity contribution in [3.8, 4) is 11.5 Å². The van der Waals surface area contributed by atoms with Crippen LogP contribution in [0, 0.1) is 0 Å². The molecule has 1 fully saturated rings. The van der Waals surface area contributed by atoms with Gasteiger partial charge in [-0.2, -0.15) is 0 Å². The number of anilines is 1. The molecule has 2 amide bonds. The number of hydrogen-bond donors (Lipinski definition) is 1. The van der Waals surface area contributed by atoms with Gasteiger partial charge in [0.15, 0.2) is 11.5 Å². The zero-order valence-corrected chi connectivity index (χ0v) is 16.4. The summed E-state index contributed by atoms with van der Waals surface area (Å²) >= 11 is 0. The molecule has 0 spiro atoms. The molecule has 0 aromatic heterocycles. The summed E-state index contributed by atoms with van der Waals surface area (Å²) in [6.07, 6.45) is 4.67. The first kappa shape index (κ1) is 19.1. The van der Waals surface area contributed by atoms with E-state index in [1.165, 1.54) is 0 Å². The first-order valence-electron chi connectivity index (χ1n) is 9.79. The Labute approximate surface area is 170 Å². The highest BCUT2D eigenvalue weighted by Gasteiger charge is 2.49. The van der Waals surface area contributed by atoms with E-state index < -0.39 is 5.54 Å². The van der Waals surface area contributed by atoms with Crippen molar-refractivity contribution in [3.05, 3.63) is 60.2 Å². The van der Waals surface area contributed by atoms with E-state index in [1.54, 1.807) is 23.1 Å². The first-order chi connectivity index (χ1) is 14.1. The maximum absolute atomic E-state index is 12.9. The summed E-state index contributed by atoms with van der Waals surface area (Å²) in [5.41, 5.74) is 0.831. The van der Waals surface area contributed by atoms with E-state index >= 15 is 0 Å². The number of hydrogen-bond acceptors (Lipinski definition) is 4. The maximum Gasteiger partial charge on any atom is 0.250 e. The Morgan fingerprint density at radius 3 is 2.59 bits per heavy atom. The van der Waals surface area contributed by atoms with Crippen LogP contribution in [-0.2, 0) is 9.59 Å². The van der Waals surface area contributed by atoms with E-state index in [-0.39, 0.29) is 18.2 Å². The van der Waals surface area contributed by atoms with Gasteiger partial charge in [0.2, 0.25) is 11.8 Å². The number of likely N-dealkylation sites (tertiary alicyclic amines) is 1. The van der Waals surface area contributed by atoms with Gasteiger partial charge in [-0.15, -0.1) is 0 Å². The van der Waals surface area contributed by atoms with Gasteiger partial charge >= 0.3 is 0 Å². The molecule has 0 aliphatic carbocycles. The number of benzene rings is 2. The van der Waals surface area contributed by atoms with E-state index in [1.807, 2.05) is 49.4 Å².